The van der Waals surface area contributed by atoms with Gasteiger partial charge in [0.2, 0.25) is 23.0 Å². The lowest BCUT2D eigenvalue weighted by Crippen LogP contribution is -2.53. The van der Waals surface area contributed by atoms with Gasteiger partial charge in [0, 0.05) is 49.4 Å². The van der Waals surface area contributed by atoms with Crippen LogP contribution in [0.5, 0.6) is 34.5 Å². The molecule has 0 saturated carbocycles. The molecule has 0 fully saturated rings. The van der Waals surface area contributed by atoms with Crippen LogP contribution in [0.4, 0.5) is 0 Å². The number of amides is 1. The number of halogens is 1. The van der Waals surface area contributed by atoms with Crippen LogP contribution in [0.25, 0.3) is 11.0 Å². The Bertz CT molecular complexity index is 2320. The molecule has 1 unspecified atom stereocenters. The molecule has 16 heteroatoms. The maximum atomic E-state index is 14.5. The third-order valence-electron chi connectivity index (χ3n) is 9.88. The quantitative estimate of drug-likeness (QED) is 0.175. The molecule has 4 aromatic rings. The van der Waals surface area contributed by atoms with Gasteiger partial charge in [0.1, 0.15) is 22.1 Å². The number of ether oxygens (including phenoxy) is 6. The number of hydrogen-bond acceptors (Lipinski definition) is 12. The van der Waals surface area contributed by atoms with Crippen LogP contribution in [0.2, 0.25) is 5.02 Å². The number of allylic oxidation sites excluding steroid dienone is 1. The number of aliphatic hydroxyl groups excluding tert-OH is 1. The third-order valence-corrected chi connectivity index (χ3v) is 10.2. The molecule has 15 nitrogen and oxygen atoms in total. The van der Waals surface area contributed by atoms with Crippen molar-refractivity contribution in [3.05, 3.63) is 90.7 Å². The summed E-state index contributed by atoms with van der Waals surface area (Å²) < 4.78 is 35.1. The molecule has 1 aliphatic carbocycles. The number of aromatic amines is 1. The number of methoxy groups -OCH3 is 5. The summed E-state index contributed by atoms with van der Waals surface area (Å²) in [4.78, 5) is 70.0. The zero-order valence-electron chi connectivity index (χ0n) is 30.3. The summed E-state index contributed by atoms with van der Waals surface area (Å²) in [5.41, 5.74) is -2.81. The number of nitrogens with one attached hydrogen (secondary N) is 2. The van der Waals surface area contributed by atoms with Crippen LogP contribution >= 0.6 is 11.6 Å². The first kappa shape index (κ1) is 37.8. The highest BCUT2D eigenvalue weighted by Crippen LogP contribution is 2.56. The molecule has 0 radical (unpaired) electrons. The fourth-order valence-electron chi connectivity index (χ4n) is 7.24. The standard InChI is InChI=1S/C38H38ClN3O12/c1-18-13-23(43)29(34(45)38(18)35(46)30-24(49-2)17-25(50-3)31(39)33(30)54-38)20(19-14-26(51-4)32(53-6)27(15-19)52-5)16-28(44)40-11-12-42-22-10-8-7-9-21(22)41-36(47)37(42)48/h7-10,14-15,17-18,20,45H,11-13,16H2,1-6H3,(H,40,44)(H,41,47)/t18-,20?,38+/m1/s1. The molecule has 0 bridgehead atoms. The fourth-order valence-corrected chi connectivity index (χ4v) is 7.50. The Morgan fingerprint density at radius 1 is 0.981 bits per heavy atom. The summed E-state index contributed by atoms with van der Waals surface area (Å²) in [6.45, 7) is 1.46. The summed E-state index contributed by atoms with van der Waals surface area (Å²) in [5, 5.41) is 15.0. The normalized spacial score (nSPS) is 18.3. The number of para-hydroxylation sites is 2. The summed E-state index contributed by atoms with van der Waals surface area (Å²) in [6.07, 6.45) is -0.685. The minimum atomic E-state index is -2.12. The van der Waals surface area contributed by atoms with E-state index in [9.17, 15) is 29.1 Å². The number of fused-ring (bicyclic) bond motifs is 2. The zero-order chi connectivity index (χ0) is 39.1. The number of aliphatic hydroxyl groups is 1. The Balaban J connectivity index is 1.44. The SMILES string of the molecule is COc1cc(OC)c2c(c1Cl)O[C@]1(C2=O)C(O)=C(C(CC(=O)NCCn2c(=O)c(=O)[nH]c3ccccc32)c2cc(OC)c(OC)c(OC)c2)C(=O)C[C@H]1C. The number of nitrogens with zero attached hydrogens (tertiary/aromatic N) is 1. The van der Waals surface area contributed by atoms with E-state index in [2.05, 4.69) is 10.3 Å². The summed E-state index contributed by atoms with van der Waals surface area (Å²) in [5.74, 6) is -3.83. The smallest absolute Gasteiger partial charge is 0.316 e. The largest absolute Gasteiger partial charge is 0.507 e. The molecular formula is C38H38ClN3O12. The van der Waals surface area contributed by atoms with Gasteiger partial charge in [-0.1, -0.05) is 30.7 Å². The molecule has 1 spiro atoms. The van der Waals surface area contributed by atoms with E-state index in [0.717, 1.165) is 0 Å². The van der Waals surface area contributed by atoms with E-state index in [0.29, 0.717) is 16.6 Å². The maximum Gasteiger partial charge on any atom is 0.316 e. The average Bonchev–Trinajstić information content (AvgIpc) is 3.48. The predicted molar refractivity (Wildman–Crippen MR) is 196 cm³/mol. The second-order valence-electron chi connectivity index (χ2n) is 12.8. The average molecular weight is 764 g/mol. The van der Waals surface area contributed by atoms with Crippen molar-refractivity contribution in [2.24, 2.45) is 5.92 Å². The van der Waals surface area contributed by atoms with E-state index in [4.69, 9.17) is 40.0 Å². The Morgan fingerprint density at radius 3 is 2.26 bits per heavy atom. The van der Waals surface area contributed by atoms with Crippen molar-refractivity contribution in [2.45, 2.75) is 37.8 Å². The zero-order valence-corrected chi connectivity index (χ0v) is 31.0. The molecule has 3 atom stereocenters. The van der Waals surface area contributed by atoms with Gasteiger partial charge in [-0.15, -0.1) is 0 Å². The highest BCUT2D eigenvalue weighted by Gasteiger charge is 2.61. The number of benzene rings is 3. The first-order valence-electron chi connectivity index (χ1n) is 16.8. The second-order valence-corrected chi connectivity index (χ2v) is 13.1. The predicted octanol–water partition coefficient (Wildman–Crippen LogP) is 4.11. The molecule has 1 amide bonds. The van der Waals surface area contributed by atoms with Crippen molar-refractivity contribution < 1.29 is 47.9 Å². The van der Waals surface area contributed by atoms with E-state index in [1.165, 1.54) is 58.3 Å². The number of carbonyl (C=O) groups excluding carboxylic acids is 3. The van der Waals surface area contributed by atoms with Gasteiger partial charge in [-0.2, -0.15) is 0 Å². The first-order valence-corrected chi connectivity index (χ1v) is 17.2. The Morgan fingerprint density at radius 2 is 1.63 bits per heavy atom. The Hall–Kier alpha value is -5.96. The number of H-pyrrole nitrogens is 1. The van der Waals surface area contributed by atoms with Crippen molar-refractivity contribution in [1.29, 1.82) is 0 Å². The van der Waals surface area contributed by atoms with Gasteiger partial charge in [-0.3, -0.25) is 24.0 Å². The van der Waals surface area contributed by atoms with E-state index in [-0.39, 0.29) is 70.2 Å². The van der Waals surface area contributed by atoms with Crippen molar-refractivity contribution in [3.8, 4) is 34.5 Å². The van der Waals surface area contributed by atoms with E-state index in [1.807, 2.05) is 0 Å². The van der Waals surface area contributed by atoms with Gasteiger partial charge < -0.3 is 48.4 Å². The van der Waals surface area contributed by atoms with Crippen LogP contribution in [0.3, 0.4) is 0 Å². The topological polar surface area (TPSA) is 194 Å². The van der Waals surface area contributed by atoms with Crippen LogP contribution in [0.15, 0.2) is 63.4 Å². The van der Waals surface area contributed by atoms with Gasteiger partial charge in [0.25, 0.3) is 0 Å². The second kappa shape index (κ2) is 14.8. The summed E-state index contributed by atoms with van der Waals surface area (Å²) in [7, 11) is 6.94. The number of carbonyl (C=O) groups is 3. The lowest BCUT2D eigenvalue weighted by atomic mass is 9.69. The number of hydrogen-bond donors (Lipinski definition) is 3. The van der Waals surface area contributed by atoms with Crippen LogP contribution in [0, 0.1) is 5.92 Å². The van der Waals surface area contributed by atoms with E-state index >= 15 is 0 Å². The van der Waals surface area contributed by atoms with Crippen LogP contribution in [-0.4, -0.2) is 79.8 Å². The summed E-state index contributed by atoms with van der Waals surface area (Å²) >= 11 is 6.62. The molecule has 284 valence electrons. The minimum Gasteiger partial charge on any atom is -0.507 e. The highest BCUT2D eigenvalue weighted by atomic mass is 35.5. The molecule has 2 heterocycles. The number of rotatable bonds is 12. The number of Topliss-reactive ketones (excluding diaryl/α,β-unsaturated/α-hetero) is 2. The molecule has 6 rings (SSSR count). The lowest BCUT2D eigenvalue weighted by molar-refractivity contribution is -0.121. The molecular weight excluding hydrogens is 726 g/mol. The van der Waals surface area contributed by atoms with Crippen LogP contribution in [0.1, 0.15) is 41.6 Å². The van der Waals surface area contributed by atoms with Crippen molar-refractivity contribution in [1.82, 2.24) is 14.9 Å². The van der Waals surface area contributed by atoms with E-state index in [1.54, 1.807) is 31.2 Å². The van der Waals surface area contributed by atoms with Gasteiger partial charge in [0.15, 0.2) is 28.8 Å². The van der Waals surface area contributed by atoms with Crippen LogP contribution < -0.4 is 44.9 Å². The van der Waals surface area contributed by atoms with Gasteiger partial charge >= 0.3 is 11.1 Å². The monoisotopic (exact) mass is 763 g/mol. The van der Waals surface area contributed by atoms with Crippen LogP contribution in [-0.2, 0) is 16.1 Å². The Kier molecular flexibility index (Phi) is 10.4. The van der Waals surface area contributed by atoms with E-state index < -0.39 is 58.2 Å². The molecule has 3 N–H and O–H groups in total. The minimum absolute atomic E-state index is 0.0372. The van der Waals surface area contributed by atoms with Crippen molar-refractivity contribution in [2.75, 3.05) is 42.1 Å². The number of aromatic nitrogens is 2. The molecule has 1 aliphatic heterocycles. The molecule has 1 aromatic heterocycles. The highest BCUT2D eigenvalue weighted by molar-refractivity contribution is 6.35. The molecule has 3 aromatic carbocycles. The summed E-state index contributed by atoms with van der Waals surface area (Å²) in [6, 6.07) is 11.2. The lowest BCUT2D eigenvalue weighted by Gasteiger charge is -2.38. The molecule has 2 aliphatic rings. The Labute approximate surface area is 313 Å². The maximum absolute atomic E-state index is 14.5. The van der Waals surface area contributed by atoms with Gasteiger partial charge in [0.05, 0.1) is 46.6 Å². The fraction of sp³-hybridized carbons (Fsp3) is 0.342. The number of ketones is 2. The third kappa shape index (κ3) is 6.07. The molecule has 0 saturated heterocycles. The van der Waals surface area contributed by atoms with Crippen molar-refractivity contribution >= 4 is 40.1 Å². The van der Waals surface area contributed by atoms with Crippen molar-refractivity contribution in [3.63, 3.8) is 0 Å². The molecule has 54 heavy (non-hydrogen) atoms. The first-order chi connectivity index (χ1) is 25.9. The van der Waals surface area contributed by atoms with Gasteiger partial charge in [-0.05, 0) is 29.8 Å². The van der Waals surface area contributed by atoms with Gasteiger partial charge in [-0.25, -0.2) is 0 Å².